The summed E-state index contributed by atoms with van der Waals surface area (Å²) in [6, 6.07) is 12.0. The van der Waals surface area contributed by atoms with Crippen molar-refractivity contribution in [1.29, 1.82) is 0 Å². The van der Waals surface area contributed by atoms with Gasteiger partial charge in [-0.25, -0.2) is 9.13 Å². The summed E-state index contributed by atoms with van der Waals surface area (Å²) in [5.74, 6) is -2.52. The Morgan fingerprint density at radius 3 is 1.44 bits per heavy atom. The first kappa shape index (κ1) is 24.8. The van der Waals surface area contributed by atoms with Crippen LogP contribution in [-0.2, 0) is 23.7 Å². The quantitative estimate of drug-likeness (QED) is 0.593. The Morgan fingerprint density at radius 2 is 1.24 bits per heavy atom. The molecule has 0 bridgehead atoms. The Hall–Kier alpha value is -2.47. The van der Waals surface area contributed by atoms with E-state index in [1.165, 1.54) is 0 Å². The number of hydrogen-bond acceptors (Lipinski definition) is 3. The zero-order valence-electron chi connectivity index (χ0n) is 14.7. The fourth-order valence-corrected chi connectivity index (χ4v) is 1.62. The Kier molecular flexibility index (Phi) is 14.9. The number of pyridine rings is 2. The third kappa shape index (κ3) is 17.7. The molecule has 25 heavy (non-hydrogen) atoms. The van der Waals surface area contributed by atoms with Crippen molar-refractivity contribution in [3.8, 4) is 0 Å². The summed E-state index contributed by atoms with van der Waals surface area (Å²) in [7, 11) is 4.00. The highest BCUT2D eigenvalue weighted by molar-refractivity contribution is 5.69. The van der Waals surface area contributed by atoms with Crippen LogP contribution in [0.4, 0.5) is 0 Å². The number of hydrogen-bond donors (Lipinski definition) is 1. The van der Waals surface area contributed by atoms with Gasteiger partial charge in [-0.2, -0.15) is 0 Å². The van der Waals surface area contributed by atoms with Crippen LogP contribution in [0, 0.1) is 5.92 Å². The van der Waals surface area contributed by atoms with E-state index in [-0.39, 0.29) is 31.2 Å². The molecule has 138 valence electrons. The van der Waals surface area contributed by atoms with Crippen LogP contribution in [0.1, 0.15) is 19.8 Å². The first-order valence-corrected chi connectivity index (χ1v) is 7.53. The predicted molar refractivity (Wildman–Crippen MR) is 86.3 cm³/mol. The van der Waals surface area contributed by atoms with E-state index in [9.17, 15) is 14.7 Å². The molecule has 0 fully saturated rings. The van der Waals surface area contributed by atoms with Gasteiger partial charge >= 0.3 is 5.97 Å². The van der Waals surface area contributed by atoms with Gasteiger partial charge in [-0.1, -0.05) is 19.1 Å². The molecule has 2 aromatic rings. The Bertz CT molecular complexity index is 541. The molecular weight excluding hydrogens is 344 g/mol. The molecule has 0 amide bonds. The number of carboxylic acids is 2. The maximum atomic E-state index is 9.98. The maximum Gasteiger partial charge on any atom is 0.303 e. The molecule has 1 atom stereocenters. The number of carbonyl (C=O) groups excluding carboxylic acids is 1. The van der Waals surface area contributed by atoms with Crippen molar-refractivity contribution >= 4 is 11.9 Å². The van der Waals surface area contributed by atoms with Crippen molar-refractivity contribution in [3.05, 3.63) is 61.2 Å². The highest BCUT2D eigenvalue weighted by atomic mass is 35.5. The lowest BCUT2D eigenvalue weighted by atomic mass is 10.1. The second kappa shape index (κ2) is 15.1. The molecule has 0 aliphatic carbocycles. The Balaban J connectivity index is 0. The van der Waals surface area contributed by atoms with Gasteiger partial charge in [0, 0.05) is 36.7 Å². The third-order valence-corrected chi connectivity index (χ3v) is 2.77. The minimum atomic E-state index is -1.20. The highest BCUT2D eigenvalue weighted by Crippen LogP contribution is 2.05. The number of carbonyl (C=O) groups is 2. The van der Waals surface area contributed by atoms with E-state index in [1.807, 2.05) is 84.4 Å². The van der Waals surface area contributed by atoms with Crippen LogP contribution in [0.3, 0.4) is 0 Å². The van der Waals surface area contributed by atoms with Crippen LogP contribution < -0.4 is 26.6 Å². The van der Waals surface area contributed by atoms with Gasteiger partial charge in [0.2, 0.25) is 0 Å². The van der Waals surface area contributed by atoms with E-state index in [0.717, 1.165) is 0 Å². The van der Waals surface area contributed by atoms with Gasteiger partial charge in [0.25, 0.3) is 0 Å². The Morgan fingerprint density at radius 1 is 0.880 bits per heavy atom. The lowest BCUT2D eigenvalue weighted by Crippen LogP contribution is -3.00. The molecule has 0 aliphatic rings. The largest absolute Gasteiger partial charge is 1.00 e. The summed E-state index contributed by atoms with van der Waals surface area (Å²) in [6.45, 7) is 1.56. The molecule has 7 heteroatoms. The van der Waals surface area contributed by atoms with Crippen molar-refractivity contribution < 1.29 is 41.3 Å². The SMILES string of the molecule is CC(CC(=O)[O-])CC(=O)O.C[n+]1ccccc1.C[n+]1ccccc1.[Cl-]. The topological polar surface area (TPSA) is 85.2 Å². The van der Waals surface area contributed by atoms with Crippen molar-refractivity contribution in [2.75, 3.05) is 0 Å². The van der Waals surface area contributed by atoms with Crippen LogP contribution in [0.5, 0.6) is 0 Å². The third-order valence-electron chi connectivity index (χ3n) is 2.77. The summed E-state index contributed by atoms with van der Waals surface area (Å²) in [5.41, 5.74) is 0. The zero-order valence-corrected chi connectivity index (χ0v) is 15.5. The summed E-state index contributed by atoms with van der Waals surface area (Å²) >= 11 is 0. The van der Waals surface area contributed by atoms with Crippen molar-refractivity contribution in [2.45, 2.75) is 19.8 Å². The molecule has 0 saturated carbocycles. The summed E-state index contributed by atoms with van der Waals surface area (Å²) in [6.07, 6.45) is 7.69. The average molecular weight is 369 g/mol. The first-order valence-electron chi connectivity index (χ1n) is 7.53. The van der Waals surface area contributed by atoms with E-state index in [4.69, 9.17) is 5.11 Å². The number of aliphatic carboxylic acids is 2. The zero-order chi connectivity index (χ0) is 18.4. The molecule has 0 aromatic carbocycles. The molecule has 0 saturated heterocycles. The molecule has 0 radical (unpaired) electrons. The molecule has 2 rings (SSSR count). The number of aryl methyl sites for hydroxylation is 2. The van der Waals surface area contributed by atoms with Crippen molar-refractivity contribution in [1.82, 2.24) is 0 Å². The standard InChI is InChI=1S/2C6H8N.C6H10O4.ClH/c2*1-7-5-3-2-4-6-7;1-4(2-5(7)8)3-6(9)10;/h2*2-6H,1H3;4H,2-3H2,1H3,(H,7,8)(H,9,10);1H/q2*+1;;/p-2. The highest BCUT2D eigenvalue weighted by Gasteiger charge is 2.06. The van der Waals surface area contributed by atoms with E-state index in [2.05, 4.69) is 0 Å². The summed E-state index contributed by atoms with van der Waals surface area (Å²) in [4.78, 5) is 19.9. The first-order chi connectivity index (χ1) is 11.3. The second-order valence-electron chi connectivity index (χ2n) is 5.36. The van der Waals surface area contributed by atoms with Crippen LogP contribution in [0.15, 0.2) is 61.2 Å². The van der Waals surface area contributed by atoms with Crippen molar-refractivity contribution in [2.24, 2.45) is 20.0 Å². The fraction of sp³-hybridized carbons (Fsp3) is 0.333. The molecule has 1 unspecified atom stereocenters. The predicted octanol–water partition coefficient (Wildman–Crippen LogP) is -2.74. The fourth-order valence-electron chi connectivity index (χ4n) is 1.62. The van der Waals surface area contributed by atoms with E-state index < -0.39 is 11.9 Å². The number of rotatable bonds is 4. The van der Waals surface area contributed by atoms with E-state index in [0.29, 0.717) is 0 Å². The van der Waals surface area contributed by atoms with E-state index >= 15 is 0 Å². The number of nitrogens with zero attached hydrogens (tertiary/aromatic N) is 2. The second-order valence-corrected chi connectivity index (χ2v) is 5.36. The number of carboxylic acid groups (broad SMARTS) is 2. The normalized spacial score (nSPS) is 9.88. The molecule has 6 nitrogen and oxygen atoms in total. The van der Waals surface area contributed by atoms with Gasteiger partial charge < -0.3 is 27.4 Å². The minimum Gasteiger partial charge on any atom is -1.00 e. The summed E-state index contributed by atoms with van der Waals surface area (Å²) in [5, 5.41) is 18.1. The van der Waals surface area contributed by atoms with Gasteiger partial charge in [0.05, 0.1) is 0 Å². The van der Waals surface area contributed by atoms with Gasteiger partial charge in [-0.15, -0.1) is 0 Å². The molecule has 1 N–H and O–H groups in total. The van der Waals surface area contributed by atoms with E-state index in [1.54, 1.807) is 6.92 Å². The number of halogens is 1. The van der Waals surface area contributed by atoms with Crippen LogP contribution >= 0.6 is 0 Å². The van der Waals surface area contributed by atoms with Gasteiger partial charge in [0.15, 0.2) is 24.8 Å². The molecule has 0 aliphatic heterocycles. The number of aromatic nitrogens is 2. The minimum absolute atomic E-state index is 0. The van der Waals surface area contributed by atoms with Gasteiger partial charge in [0.1, 0.15) is 14.1 Å². The molecule has 2 aromatic heterocycles. The maximum absolute atomic E-state index is 9.98. The Labute approximate surface area is 154 Å². The summed E-state index contributed by atoms with van der Waals surface area (Å²) < 4.78 is 4.00. The van der Waals surface area contributed by atoms with Crippen LogP contribution in [0.25, 0.3) is 0 Å². The van der Waals surface area contributed by atoms with Gasteiger partial charge in [-0.05, 0) is 12.3 Å². The molecular formula is C18H25ClN2O4. The smallest absolute Gasteiger partial charge is 0.303 e. The monoisotopic (exact) mass is 368 g/mol. The lowest BCUT2D eigenvalue weighted by Gasteiger charge is -2.07. The van der Waals surface area contributed by atoms with Crippen molar-refractivity contribution in [3.63, 3.8) is 0 Å². The van der Waals surface area contributed by atoms with Crippen LogP contribution in [-0.4, -0.2) is 17.0 Å². The lowest BCUT2D eigenvalue weighted by molar-refractivity contribution is -0.671. The average Bonchev–Trinajstić information content (AvgIpc) is 2.48. The van der Waals surface area contributed by atoms with Crippen LogP contribution in [0.2, 0.25) is 0 Å². The molecule has 0 spiro atoms. The molecule has 2 heterocycles. The van der Waals surface area contributed by atoms with Gasteiger partial charge in [-0.3, -0.25) is 4.79 Å².